The number of hydrogen-bond acceptors (Lipinski definition) is 6. The van der Waals surface area contributed by atoms with Crippen molar-refractivity contribution in [1.29, 1.82) is 0 Å². The average molecular weight is 512 g/mol. The van der Waals surface area contributed by atoms with E-state index in [2.05, 4.69) is 74.8 Å². The molecule has 7 nitrogen and oxygen atoms in total. The Morgan fingerprint density at radius 2 is 1.77 bits per heavy atom. The molecule has 0 spiro atoms. The van der Waals surface area contributed by atoms with Gasteiger partial charge in [0.2, 0.25) is 0 Å². The topological polar surface area (TPSA) is 82.6 Å². The molecule has 4 aromatic heterocycles. The molecule has 8 rings (SSSR count). The van der Waals surface area contributed by atoms with Crippen LogP contribution < -0.4 is 10.2 Å². The summed E-state index contributed by atoms with van der Waals surface area (Å²) in [5.41, 5.74) is 7.62. The van der Waals surface area contributed by atoms with E-state index in [1.807, 2.05) is 24.7 Å². The van der Waals surface area contributed by atoms with Crippen LogP contribution in [0.2, 0.25) is 0 Å². The number of nitrogens with zero attached hydrogens (tertiary/aromatic N) is 5. The van der Waals surface area contributed by atoms with Gasteiger partial charge < -0.3 is 15.2 Å². The quantitative estimate of drug-likeness (QED) is 0.329. The molecule has 1 aromatic carbocycles. The maximum atomic E-state index is 5.28. The van der Waals surface area contributed by atoms with Crippen molar-refractivity contribution >= 4 is 33.3 Å². The highest BCUT2D eigenvalue weighted by Gasteiger charge is 2.41. The standard InChI is InChI=1S/C32H29N7/c1-2-8-22(9-3-1)32(11-5-12-32)27-18-24-23(10-13-35-29(24)37-27)30-36-26-20-34-19-25(21-6-4-7-21)28(26)31(38-30)39-16-14-33-15-17-39/h1-4,6-10,13,18-20,33H,5,11-12,14-17H2,(H,35,37). The minimum atomic E-state index is 0.0122. The SMILES string of the molecule is C1=CC(c2cncc3nc(-c4ccnc5[nH]c(C6(c7ccccc7)CCC6)cc45)nc(N4CCNCC4)c23)=C1. The first kappa shape index (κ1) is 22.6. The van der Waals surface area contributed by atoms with Gasteiger partial charge in [-0.25, -0.2) is 15.0 Å². The van der Waals surface area contributed by atoms with E-state index in [9.17, 15) is 0 Å². The van der Waals surface area contributed by atoms with E-state index in [0.717, 1.165) is 77.9 Å². The molecule has 3 aliphatic rings. The number of hydrogen-bond donors (Lipinski definition) is 2. The summed E-state index contributed by atoms with van der Waals surface area (Å²) in [5, 5.41) is 5.61. The third kappa shape index (κ3) is 3.53. The lowest BCUT2D eigenvalue weighted by atomic mass is 9.62. The number of pyridine rings is 2. The minimum absolute atomic E-state index is 0.0122. The molecule has 0 amide bonds. The molecule has 2 fully saturated rings. The van der Waals surface area contributed by atoms with Crippen LogP contribution in [0.5, 0.6) is 0 Å². The number of anilines is 1. The number of H-pyrrole nitrogens is 1. The minimum Gasteiger partial charge on any atom is -0.353 e. The summed E-state index contributed by atoms with van der Waals surface area (Å²) >= 11 is 0. The molecule has 0 radical (unpaired) electrons. The van der Waals surface area contributed by atoms with E-state index in [0.29, 0.717) is 5.82 Å². The van der Waals surface area contributed by atoms with Gasteiger partial charge in [-0.05, 0) is 36.1 Å². The van der Waals surface area contributed by atoms with E-state index < -0.39 is 0 Å². The number of allylic oxidation sites excluding steroid dienone is 4. The Hall–Kier alpha value is -4.36. The van der Waals surface area contributed by atoms with Crippen molar-refractivity contribution in [2.75, 3.05) is 31.1 Å². The number of aromatic amines is 1. The van der Waals surface area contributed by atoms with Crippen molar-refractivity contribution in [2.24, 2.45) is 0 Å². The van der Waals surface area contributed by atoms with Gasteiger partial charge in [-0.2, -0.15) is 0 Å². The molecule has 2 aliphatic carbocycles. The molecule has 1 aliphatic heterocycles. The van der Waals surface area contributed by atoms with Crippen LogP contribution in [0, 0.1) is 0 Å². The second kappa shape index (κ2) is 8.85. The molecule has 5 heterocycles. The predicted octanol–water partition coefficient (Wildman–Crippen LogP) is 5.40. The number of piperazine rings is 1. The number of aromatic nitrogens is 5. The highest BCUT2D eigenvalue weighted by Crippen LogP contribution is 2.49. The van der Waals surface area contributed by atoms with Gasteiger partial charge in [-0.3, -0.25) is 4.98 Å². The van der Waals surface area contributed by atoms with Crippen molar-refractivity contribution in [3.63, 3.8) is 0 Å². The van der Waals surface area contributed by atoms with Crippen molar-refractivity contribution < 1.29 is 0 Å². The van der Waals surface area contributed by atoms with Crippen LogP contribution >= 0.6 is 0 Å². The molecule has 1 saturated carbocycles. The Balaban J connectivity index is 1.31. The lowest BCUT2D eigenvalue weighted by molar-refractivity contribution is 0.295. The normalized spacial score (nSPS) is 18.2. The first-order chi connectivity index (χ1) is 19.3. The second-order valence-corrected chi connectivity index (χ2v) is 10.8. The Labute approximate surface area is 226 Å². The van der Waals surface area contributed by atoms with Crippen molar-refractivity contribution in [3.8, 4) is 11.4 Å². The molecule has 0 bridgehead atoms. The number of rotatable bonds is 5. The summed E-state index contributed by atoms with van der Waals surface area (Å²) in [4.78, 5) is 25.8. The second-order valence-electron chi connectivity index (χ2n) is 10.8. The Bertz CT molecular complexity index is 1770. The van der Waals surface area contributed by atoms with E-state index >= 15 is 0 Å². The first-order valence-corrected chi connectivity index (χ1v) is 13.8. The molecule has 2 N–H and O–H groups in total. The summed E-state index contributed by atoms with van der Waals surface area (Å²) in [6.45, 7) is 3.68. The third-order valence-corrected chi connectivity index (χ3v) is 8.69. The zero-order valence-electron chi connectivity index (χ0n) is 21.7. The highest BCUT2D eigenvalue weighted by molar-refractivity contribution is 6.03. The zero-order valence-corrected chi connectivity index (χ0v) is 21.7. The van der Waals surface area contributed by atoms with E-state index in [1.54, 1.807) is 0 Å². The average Bonchev–Trinajstić information content (AvgIpc) is 3.36. The van der Waals surface area contributed by atoms with Crippen LogP contribution in [0.3, 0.4) is 0 Å². The lowest BCUT2D eigenvalue weighted by Gasteiger charge is -2.42. The van der Waals surface area contributed by atoms with Crippen LogP contribution in [0.4, 0.5) is 5.82 Å². The maximum Gasteiger partial charge on any atom is 0.163 e. The van der Waals surface area contributed by atoms with Crippen LogP contribution in [-0.4, -0.2) is 51.1 Å². The van der Waals surface area contributed by atoms with Crippen LogP contribution in [0.15, 0.2) is 79.3 Å². The molecule has 0 unspecified atom stereocenters. The van der Waals surface area contributed by atoms with Gasteiger partial charge in [0.05, 0.1) is 17.1 Å². The van der Waals surface area contributed by atoms with Gasteiger partial charge >= 0.3 is 0 Å². The smallest absolute Gasteiger partial charge is 0.163 e. The lowest BCUT2D eigenvalue weighted by Crippen LogP contribution is -2.44. The van der Waals surface area contributed by atoms with Crippen molar-refractivity contribution in [2.45, 2.75) is 24.7 Å². The first-order valence-electron chi connectivity index (χ1n) is 13.8. The maximum absolute atomic E-state index is 5.28. The van der Waals surface area contributed by atoms with Crippen molar-refractivity contribution in [1.82, 2.24) is 30.2 Å². The fourth-order valence-corrected chi connectivity index (χ4v) is 6.36. The molecule has 0 atom stereocenters. The Morgan fingerprint density at radius 1 is 0.923 bits per heavy atom. The predicted molar refractivity (Wildman–Crippen MR) is 156 cm³/mol. The summed E-state index contributed by atoms with van der Waals surface area (Å²) in [5.74, 6) is 1.70. The van der Waals surface area contributed by atoms with Gasteiger partial charge in [0.25, 0.3) is 0 Å². The monoisotopic (exact) mass is 511 g/mol. The highest BCUT2D eigenvalue weighted by atomic mass is 15.2. The Morgan fingerprint density at radius 3 is 2.51 bits per heavy atom. The van der Waals surface area contributed by atoms with Gasteiger partial charge in [-0.1, -0.05) is 55.0 Å². The third-order valence-electron chi connectivity index (χ3n) is 8.69. The fourth-order valence-electron chi connectivity index (χ4n) is 6.36. The summed E-state index contributed by atoms with van der Waals surface area (Å²) in [6, 6.07) is 15.2. The Kier molecular flexibility index (Phi) is 5.13. The molecule has 1 saturated heterocycles. The summed E-state index contributed by atoms with van der Waals surface area (Å²) in [7, 11) is 0. The molecule has 39 heavy (non-hydrogen) atoms. The number of fused-ring (bicyclic) bond motifs is 2. The molecule has 5 aromatic rings. The van der Waals surface area contributed by atoms with Gasteiger partial charge in [0, 0.05) is 66.2 Å². The van der Waals surface area contributed by atoms with Crippen molar-refractivity contribution in [3.05, 3.63) is 96.1 Å². The fraction of sp³-hybridized carbons (Fsp3) is 0.250. The van der Waals surface area contributed by atoms with Gasteiger partial charge in [-0.15, -0.1) is 0 Å². The zero-order chi connectivity index (χ0) is 25.8. The number of nitrogens with one attached hydrogen (secondary N) is 2. The van der Waals surface area contributed by atoms with E-state index in [1.165, 1.54) is 23.3 Å². The molecule has 192 valence electrons. The largest absolute Gasteiger partial charge is 0.353 e. The summed E-state index contributed by atoms with van der Waals surface area (Å²) in [6.07, 6.45) is 15.5. The molecular formula is C32H29N7. The number of benzene rings is 1. The molecule has 7 heteroatoms. The van der Waals surface area contributed by atoms with Gasteiger partial charge in [0.15, 0.2) is 5.82 Å². The van der Waals surface area contributed by atoms with Crippen LogP contribution in [0.25, 0.3) is 38.9 Å². The van der Waals surface area contributed by atoms with E-state index in [-0.39, 0.29) is 5.41 Å². The van der Waals surface area contributed by atoms with E-state index in [4.69, 9.17) is 15.0 Å². The van der Waals surface area contributed by atoms with Gasteiger partial charge in [0.1, 0.15) is 11.5 Å². The van der Waals surface area contributed by atoms with Crippen LogP contribution in [-0.2, 0) is 5.41 Å². The van der Waals surface area contributed by atoms with Crippen LogP contribution in [0.1, 0.15) is 36.1 Å². The summed E-state index contributed by atoms with van der Waals surface area (Å²) < 4.78 is 0. The molecular weight excluding hydrogens is 482 g/mol.